The van der Waals surface area contributed by atoms with E-state index in [4.69, 9.17) is 21.1 Å². The number of dihydropyridines is 1. The summed E-state index contributed by atoms with van der Waals surface area (Å²) < 4.78 is 24.8. The minimum absolute atomic E-state index is 0.0360. The molecule has 0 saturated carbocycles. The van der Waals surface area contributed by atoms with Crippen molar-refractivity contribution in [2.24, 2.45) is 5.41 Å². The van der Waals surface area contributed by atoms with Gasteiger partial charge in [-0.2, -0.15) is 0 Å². The number of nitrogens with one attached hydrogen (secondary N) is 1. The normalized spacial score (nSPS) is 18.9. The van der Waals surface area contributed by atoms with Crippen LogP contribution in [0.4, 0.5) is 4.39 Å². The van der Waals surface area contributed by atoms with Gasteiger partial charge in [-0.1, -0.05) is 37.6 Å². The minimum atomic E-state index is -0.548. The number of hydrogen-bond donors (Lipinski definition) is 1. The fourth-order valence-corrected chi connectivity index (χ4v) is 5.58. The molecule has 0 unspecified atom stereocenters. The molecule has 0 fully saturated rings. The van der Waals surface area contributed by atoms with Crippen molar-refractivity contribution in [3.8, 4) is 5.75 Å². The molecular weight excluding hydrogens is 493 g/mol. The van der Waals surface area contributed by atoms with Crippen molar-refractivity contribution in [1.29, 1.82) is 0 Å². The Balaban J connectivity index is 1.81. The highest BCUT2D eigenvalue weighted by molar-refractivity contribution is 6.32. The predicted octanol–water partition coefficient (Wildman–Crippen LogP) is 6.84. The number of aryl methyl sites for hydroxylation is 2. The lowest BCUT2D eigenvalue weighted by Gasteiger charge is -2.40. The first-order valence-corrected chi connectivity index (χ1v) is 12.9. The molecule has 1 aliphatic heterocycles. The first-order valence-electron chi connectivity index (χ1n) is 12.5. The van der Waals surface area contributed by atoms with E-state index in [1.165, 1.54) is 18.2 Å². The third-order valence-electron chi connectivity index (χ3n) is 7.05. The highest BCUT2D eigenvalue weighted by atomic mass is 35.5. The molecule has 1 atom stereocenters. The average Bonchev–Trinajstić information content (AvgIpc) is 2.78. The van der Waals surface area contributed by atoms with E-state index in [9.17, 15) is 14.0 Å². The average molecular weight is 526 g/mol. The van der Waals surface area contributed by atoms with Crippen molar-refractivity contribution in [1.82, 2.24) is 5.32 Å². The second kappa shape index (κ2) is 10.3. The molecule has 0 radical (unpaired) electrons. The number of esters is 1. The van der Waals surface area contributed by atoms with Gasteiger partial charge in [0.05, 0.1) is 17.2 Å². The van der Waals surface area contributed by atoms with E-state index in [0.717, 1.165) is 28.0 Å². The van der Waals surface area contributed by atoms with Crippen LogP contribution in [0, 0.1) is 25.1 Å². The Hall–Kier alpha value is -3.12. The molecule has 0 bridgehead atoms. The van der Waals surface area contributed by atoms with E-state index < -0.39 is 17.7 Å². The quantitative estimate of drug-likeness (QED) is 0.418. The minimum Gasteiger partial charge on any atom is -0.487 e. The number of ketones is 1. The second-order valence-electron chi connectivity index (χ2n) is 10.6. The molecule has 0 saturated heterocycles. The summed E-state index contributed by atoms with van der Waals surface area (Å²) in [6.07, 6.45) is 1.12. The Bertz CT molecular complexity index is 1340. The molecule has 37 heavy (non-hydrogen) atoms. The molecule has 0 aromatic heterocycles. The number of carbonyl (C=O) groups excluding carboxylic acids is 2. The van der Waals surface area contributed by atoms with Gasteiger partial charge >= 0.3 is 5.97 Å². The van der Waals surface area contributed by atoms with Gasteiger partial charge in [0.1, 0.15) is 18.2 Å². The third-order valence-corrected chi connectivity index (χ3v) is 7.34. The Morgan fingerprint density at radius 1 is 1.14 bits per heavy atom. The topological polar surface area (TPSA) is 64.6 Å². The van der Waals surface area contributed by atoms with E-state index >= 15 is 0 Å². The lowest BCUT2D eigenvalue weighted by molar-refractivity contribution is -0.138. The molecule has 5 nitrogen and oxygen atoms in total. The molecule has 1 aliphatic carbocycles. The van der Waals surface area contributed by atoms with E-state index in [-0.39, 0.29) is 29.4 Å². The number of allylic oxidation sites excluding steroid dienone is 3. The van der Waals surface area contributed by atoms with E-state index in [1.54, 1.807) is 6.92 Å². The van der Waals surface area contributed by atoms with Gasteiger partial charge in [-0.3, -0.25) is 4.79 Å². The monoisotopic (exact) mass is 525 g/mol. The van der Waals surface area contributed by atoms with Crippen molar-refractivity contribution in [2.75, 3.05) is 6.61 Å². The first-order chi connectivity index (χ1) is 17.4. The van der Waals surface area contributed by atoms with Crippen LogP contribution in [0.5, 0.6) is 5.75 Å². The number of benzene rings is 2. The summed E-state index contributed by atoms with van der Waals surface area (Å²) in [6.45, 7) is 12.2. The summed E-state index contributed by atoms with van der Waals surface area (Å²) >= 11 is 6.16. The van der Waals surface area contributed by atoms with Crippen LogP contribution in [-0.4, -0.2) is 18.4 Å². The Morgan fingerprint density at radius 3 is 2.54 bits per heavy atom. The number of Topliss-reactive ketones (excluding diaryl/α,β-unsaturated/α-hetero) is 1. The second-order valence-corrected chi connectivity index (χ2v) is 11.1. The standard InChI is InChI=1S/C30H33ClFNO4/c1-7-36-29(35)26-18(4)33-23-13-30(5,6)14-24(34)28(23)27(26)21-11-19(16(2)10-17(21)3)15-37-25-9-8-20(32)12-22(25)31/h8-12,27,33H,7,13-15H2,1-6H3/t27-/m1/s1. The molecule has 2 aliphatic rings. The molecule has 2 aromatic carbocycles. The molecular formula is C30H33ClFNO4. The zero-order valence-corrected chi connectivity index (χ0v) is 22.9. The van der Waals surface area contributed by atoms with Crippen LogP contribution >= 0.6 is 11.6 Å². The van der Waals surface area contributed by atoms with Gasteiger partial charge in [0.15, 0.2) is 5.78 Å². The molecule has 2 aromatic rings. The summed E-state index contributed by atoms with van der Waals surface area (Å²) in [5.41, 5.74) is 6.18. The van der Waals surface area contributed by atoms with Gasteiger partial charge in [-0.05, 0) is 80.0 Å². The highest BCUT2D eigenvalue weighted by Crippen LogP contribution is 2.47. The van der Waals surface area contributed by atoms with Crippen molar-refractivity contribution in [3.63, 3.8) is 0 Å². The van der Waals surface area contributed by atoms with Crippen LogP contribution < -0.4 is 10.1 Å². The van der Waals surface area contributed by atoms with Gasteiger partial charge in [0, 0.05) is 29.3 Å². The van der Waals surface area contributed by atoms with Gasteiger partial charge in [0.25, 0.3) is 0 Å². The lowest BCUT2D eigenvalue weighted by atomic mass is 9.68. The summed E-state index contributed by atoms with van der Waals surface area (Å²) in [4.78, 5) is 26.8. The SMILES string of the molecule is CCOC(=O)C1=C(C)NC2=C(C(=O)CC(C)(C)C2)[C@@H]1c1cc(COc2ccc(F)cc2Cl)c(C)cc1C. The molecule has 0 spiro atoms. The summed E-state index contributed by atoms with van der Waals surface area (Å²) in [5, 5.41) is 3.56. The van der Waals surface area contributed by atoms with E-state index in [2.05, 4.69) is 19.2 Å². The summed E-state index contributed by atoms with van der Waals surface area (Å²) in [7, 11) is 0. The van der Waals surface area contributed by atoms with Crippen LogP contribution in [0.2, 0.25) is 5.02 Å². The van der Waals surface area contributed by atoms with Gasteiger partial charge in [0.2, 0.25) is 0 Å². The fraction of sp³-hybridized carbons (Fsp3) is 0.400. The van der Waals surface area contributed by atoms with Crippen molar-refractivity contribution in [3.05, 3.63) is 86.0 Å². The predicted molar refractivity (Wildman–Crippen MR) is 142 cm³/mol. The maximum atomic E-state index is 13.6. The molecule has 1 N–H and O–H groups in total. The summed E-state index contributed by atoms with van der Waals surface area (Å²) in [5.74, 6) is -1.00. The number of hydrogen-bond acceptors (Lipinski definition) is 5. The number of carbonyl (C=O) groups is 2. The maximum Gasteiger partial charge on any atom is 0.336 e. The van der Waals surface area contributed by atoms with Crippen LogP contribution in [0.15, 0.2) is 52.9 Å². The van der Waals surface area contributed by atoms with Crippen LogP contribution in [0.25, 0.3) is 0 Å². The Labute approximate surface area is 222 Å². The lowest BCUT2D eigenvalue weighted by Crippen LogP contribution is -2.39. The van der Waals surface area contributed by atoms with E-state index in [0.29, 0.717) is 35.4 Å². The zero-order valence-electron chi connectivity index (χ0n) is 22.2. The van der Waals surface area contributed by atoms with Crippen LogP contribution in [0.3, 0.4) is 0 Å². The highest BCUT2D eigenvalue weighted by Gasteiger charge is 2.43. The Kier molecular flexibility index (Phi) is 7.52. The number of halogens is 2. The van der Waals surface area contributed by atoms with E-state index in [1.807, 2.05) is 32.9 Å². The van der Waals surface area contributed by atoms with Crippen LogP contribution in [0.1, 0.15) is 68.7 Å². The van der Waals surface area contributed by atoms with Gasteiger partial charge in [-0.25, -0.2) is 9.18 Å². The largest absolute Gasteiger partial charge is 0.487 e. The van der Waals surface area contributed by atoms with Crippen LogP contribution in [-0.2, 0) is 20.9 Å². The maximum absolute atomic E-state index is 13.6. The third kappa shape index (κ3) is 5.45. The van der Waals surface area contributed by atoms with Crippen molar-refractivity contribution in [2.45, 2.75) is 66.9 Å². The molecule has 7 heteroatoms. The zero-order chi connectivity index (χ0) is 27.1. The number of ether oxygens (including phenoxy) is 2. The Morgan fingerprint density at radius 2 is 1.86 bits per heavy atom. The van der Waals surface area contributed by atoms with Gasteiger partial charge < -0.3 is 14.8 Å². The van der Waals surface area contributed by atoms with Crippen molar-refractivity contribution >= 4 is 23.4 Å². The fourth-order valence-electron chi connectivity index (χ4n) is 5.36. The number of rotatable bonds is 6. The molecule has 196 valence electrons. The first kappa shape index (κ1) is 26.9. The molecule has 0 amide bonds. The summed E-state index contributed by atoms with van der Waals surface area (Å²) in [6, 6.07) is 8.05. The molecule has 1 heterocycles. The smallest absolute Gasteiger partial charge is 0.336 e. The van der Waals surface area contributed by atoms with Crippen molar-refractivity contribution < 1.29 is 23.5 Å². The molecule has 4 rings (SSSR count). The van der Waals surface area contributed by atoms with Gasteiger partial charge in [-0.15, -0.1) is 0 Å².